The number of unbranched alkanes of at least 4 members (excludes halogenated alkanes) is 1. The number of amides is 3. The summed E-state index contributed by atoms with van der Waals surface area (Å²) in [6, 6.07) is 0.556. The van der Waals surface area contributed by atoms with Gasteiger partial charge < -0.3 is 16.0 Å². The standard InChI is InChI=1S/C12H21N3O2S.C2H6/c1-2-13-10(16)6-4-3-5-9-11-8(7-18-9)14-12(17)15-11;1-2/h8-9,11H,2-7H2,1H3,(H,13,16)(H2,14,15,17);1-2H3/t8-,9?,11-;/m0./s1. The number of hydrogen-bond donors (Lipinski definition) is 3. The second kappa shape index (κ2) is 9.10. The normalized spacial score (nSPS) is 26.9. The maximum Gasteiger partial charge on any atom is 0.315 e. The second-order valence-electron chi connectivity index (χ2n) is 4.82. The van der Waals surface area contributed by atoms with Crippen LogP contribution >= 0.6 is 11.8 Å². The molecule has 0 aromatic rings. The SMILES string of the molecule is CC.CCNC(=O)CCCCC1SC[C@@H]2NC(=O)N[C@H]12. The number of carbonyl (C=O) groups is 2. The van der Waals surface area contributed by atoms with Gasteiger partial charge >= 0.3 is 6.03 Å². The molecule has 0 aromatic carbocycles. The quantitative estimate of drug-likeness (QED) is 0.518. The van der Waals surface area contributed by atoms with Crippen LogP contribution in [-0.4, -0.2) is 41.6 Å². The number of nitrogens with one attached hydrogen (secondary N) is 3. The first-order chi connectivity index (χ1) is 9.70. The van der Waals surface area contributed by atoms with Crippen molar-refractivity contribution in [2.24, 2.45) is 0 Å². The van der Waals surface area contributed by atoms with E-state index in [1.165, 1.54) is 0 Å². The van der Waals surface area contributed by atoms with Crippen LogP contribution in [0.25, 0.3) is 0 Å². The maximum absolute atomic E-state index is 11.3. The van der Waals surface area contributed by atoms with E-state index in [2.05, 4.69) is 16.0 Å². The van der Waals surface area contributed by atoms with Crippen molar-refractivity contribution in [2.45, 2.75) is 63.8 Å². The molecular weight excluding hydrogens is 274 g/mol. The average Bonchev–Trinajstić information content (AvgIpc) is 2.97. The predicted octanol–water partition coefficient (Wildman–Crippen LogP) is 1.87. The Kier molecular flexibility index (Phi) is 7.80. The Morgan fingerprint density at radius 3 is 2.80 bits per heavy atom. The van der Waals surface area contributed by atoms with Crippen molar-refractivity contribution in [3.05, 3.63) is 0 Å². The summed E-state index contributed by atoms with van der Waals surface area (Å²) < 4.78 is 0. The van der Waals surface area contributed by atoms with Crippen LogP contribution in [0.4, 0.5) is 4.79 Å². The molecule has 2 aliphatic heterocycles. The lowest BCUT2D eigenvalue weighted by atomic mass is 10.0. The lowest BCUT2D eigenvalue weighted by molar-refractivity contribution is -0.121. The lowest BCUT2D eigenvalue weighted by Gasteiger charge is -2.16. The van der Waals surface area contributed by atoms with E-state index < -0.39 is 0 Å². The van der Waals surface area contributed by atoms with E-state index in [1.807, 2.05) is 32.5 Å². The molecule has 2 fully saturated rings. The molecule has 0 aromatic heterocycles. The molecule has 3 N–H and O–H groups in total. The van der Waals surface area contributed by atoms with Crippen molar-refractivity contribution >= 4 is 23.7 Å². The van der Waals surface area contributed by atoms with E-state index in [1.54, 1.807) is 0 Å². The third-order valence-electron chi connectivity index (χ3n) is 3.45. The van der Waals surface area contributed by atoms with Crippen LogP contribution in [0, 0.1) is 0 Å². The summed E-state index contributed by atoms with van der Waals surface area (Å²) in [5.41, 5.74) is 0. The van der Waals surface area contributed by atoms with Crippen LogP contribution in [0.1, 0.15) is 46.5 Å². The fourth-order valence-corrected chi connectivity index (χ4v) is 4.10. The fraction of sp³-hybridized carbons (Fsp3) is 0.857. The van der Waals surface area contributed by atoms with Gasteiger partial charge in [-0.25, -0.2) is 4.79 Å². The highest BCUT2D eigenvalue weighted by Gasteiger charge is 2.42. The summed E-state index contributed by atoms with van der Waals surface area (Å²) in [5, 5.41) is 9.23. The van der Waals surface area contributed by atoms with Crippen LogP contribution in [0.15, 0.2) is 0 Å². The van der Waals surface area contributed by atoms with Crippen LogP contribution in [0.3, 0.4) is 0 Å². The molecule has 116 valence electrons. The molecule has 0 aliphatic carbocycles. The Bertz CT molecular complexity index is 326. The minimum Gasteiger partial charge on any atom is -0.356 e. The molecule has 1 unspecified atom stereocenters. The summed E-state index contributed by atoms with van der Waals surface area (Å²) in [6.07, 6.45) is 3.67. The minimum atomic E-state index is -0.0300. The molecule has 0 saturated carbocycles. The van der Waals surface area contributed by atoms with Crippen LogP contribution in [-0.2, 0) is 4.79 Å². The van der Waals surface area contributed by atoms with Gasteiger partial charge in [-0.05, 0) is 19.8 Å². The van der Waals surface area contributed by atoms with Crippen LogP contribution in [0.2, 0.25) is 0 Å². The Balaban J connectivity index is 0.000000956. The smallest absolute Gasteiger partial charge is 0.315 e. The summed E-state index contributed by atoms with van der Waals surface area (Å²) in [5.74, 6) is 1.15. The molecule has 3 atom stereocenters. The monoisotopic (exact) mass is 301 g/mol. The van der Waals surface area contributed by atoms with Gasteiger partial charge in [0.25, 0.3) is 0 Å². The number of thioether (sulfide) groups is 1. The molecule has 2 rings (SSSR count). The number of hydrogen-bond acceptors (Lipinski definition) is 3. The van der Waals surface area contributed by atoms with Gasteiger partial charge in [-0.3, -0.25) is 4.79 Å². The van der Waals surface area contributed by atoms with Gasteiger partial charge in [-0.15, -0.1) is 0 Å². The second-order valence-corrected chi connectivity index (χ2v) is 6.09. The van der Waals surface area contributed by atoms with Crippen molar-refractivity contribution in [3.63, 3.8) is 0 Å². The van der Waals surface area contributed by atoms with E-state index in [-0.39, 0.29) is 18.0 Å². The first kappa shape index (κ1) is 17.1. The van der Waals surface area contributed by atoms with Gasteiger partial charge in [0.05, 0.1) is 12.1 Å². The van der Waals surface area contributed by atoms with E-state index >= 15 is 0 Å². The van der Waals surface area contributed by atoms with Crippen LogP contribution < -0.4 is 16.0 Å². The number of urea groups is 1. The first-order valence-corrected chi connectivity index (χ1v) is 8.71. The molecular formula is C14H27N3O2S. The Hall–Kier alpha value is -0.910. The summed E-state index contributed by atoms with van der Waals surface area (Å²) in [7, 11) is 0. The van der Waals surface area contributed by atoms with Crippen molar-refractivity contribution in [2.75, 3.05) is 12.3 Å². The lowest BCUT2D eigenvalue weighted by Crippen LogP contribution is -2.36. The molecule has 5 nitrogen and oxygen atoms in total. The molecule has 6 heteroatoms. The zero-order valence-electron chi connectivity index (χ0n) is 12.7. The van der Waals surface area contributed by atoms with Crippen molar-refractivity contribution in [3.8, 4) is 0 Å². The van der Waals surface area contributed by atoms with Crippen LogP contribution in [0.5, 0.6) is 0 Å². The first-order valence-electron chi connectivity index (χ1n) is 7.66. The molecule has 0 spiro atoms. The highest BCUT2D eigenvalue weighted by molar-refractivity contribution is 8.00. The third kappa shape index (κ3) is 4.89. The van der Waals surface area contributed by atoms with E-state index in [0.29, 0.717) is 24.3 Å². The van der Waals surface area contributed by atoms with E-state index in [0.717, 1.165) is 25.0 Å². The van der Waals surface area contributed by atoms with Gasteiger partial charge in [0.1, 0.15) is 0 Å². The van der Waals surface area contributed by atoms with E-state index in [9.17, 15) is 9.59 Å². The summed E-state index contributed by atoms with van der Waals surface area (Å²) in [4.78, 5) is 22.5. The number of fused-ring (bicyclic) bond motifs is 1. The topological polar surface area (TPSA) is 70.2 Å². The van der Waals surface area contributed by atoms with Crippen molar-refractivity contribution in [1.29, 1.82) is 0 Å². The summed E-state index contributed by atoms with van der Waals surface area (Å²) in [6.45, 7) is 6.64. The molecule has 2 heterocycles. The minimum absolute atomic E-state index is 0.0300. The fourth-order valence-electron chi connectivity index (χ4n) is 2.56. The molecule has 0 bridgehead atoms. The largest absolute Gasteiger partial charge is 0.356 e. The van der Waals surface area contributed by atoms with Gasteiger partial charge in [0.15, 0.2) is 0 Å². The van der Waals surface area contributed by atoms with Gasteiger partial charge in [0, 0.05) is 24.0 Å². The number of carbonyl (C=O) groups excluding carboxylic acids is 2. The van der Waals surface area contributed by atoms with E-state index in [4.69, 9.17) is 0 Å². The van der Waals surface area contributed by atoms with Gasteiger partial charge in [-0.2, -0.15) is 11.8 Å². The molecule has 3 amide bonds. The zero-order chi connectivity index (χ0) is 15.0. The average molecular weight is 301 g/mol. The Morgan fingerprint density at radius 2 is 2.10 bits per heavy atom. The highest BCUT2D eigenvalue weighted by Crippen LogP contribution is 2.33. The molecule has 2 aliphatic rings. The molecule has 20 heavy (non-hydrogen) atoms. The maximum atomic E-state index is 11.3. The zero-order valence-corrected chi connectivity index (χ0v) is 13.5. The molecule has 2 saturated heterocycles. The highest BCUT2D eigenvalue weighted by atomic mass is 32.2. The Morgan fingerprint density at radius 1 is 1.35 bits per heavy atom. The van der Waals surface area contributed by atoms with Crippen molar-refractivity contribution < 1.29 is 9.59 Å². The predicted molar refractivity (Wildman–Crippen MR) is 84.0 cm³/mol. The van der Waals surface area contributed by atoms with Gasteiger partial charge in [-0.1, -0.05) is 20.3 Å². The summed E-state index contributed by atoms with van der Waals surface area (Å²) >= 11 is 1.93. The third-order valence-corrected chi connectivity index (χ3v) is 4.96. The molecule has 0 radical (unpaired) electrons. The van der Waals surface area contributed by atoms with Crippen molar-refractivity contribution in [1.82, 2.24) is 16.0 Å². The number of rotatable bonds is 6. The Labute approximate surface area is 126 Å². The van der Waals surface area contributed by atoms with Gasteiger partial charge in [0.2, 0.25) is 5.91 Å².